The quantitative estimate of drug-likeness (QED) is 0.373. The first-order chi connectivity index (χ1) is 11.6. The van der Waals surface area contributed by atoms with Crippen LogP contribution in [0.2, 0.25) is 0 Å². The van der Waals surface area contributed by atoms with Crippen molar-refractivity contribution in [3.05, 3.63) is 42.0 Å². The Morgan fingerprint density at radius 1 is 1.16 bits per heavy atom. The molecule has 0 fully saturated rings. The molecule has 1 aromatic carbocycles. The summed E-state index contributed by atoms with van der Waals surface area (Å²) in [6, 6.07) is 8.34. The molecule has 0 aromatic heterocycles. The van der Waals surface area contributed by atoms with Gasteiger partial charge < -0.3 is 19.0 Å². The zero-order chi connectivity index (χ0) is 19.3. The van der Waals surface area contributed by atoms with Crippen LogP contribution >= 0.6 is 7.82 Å². The van der Waals surface area contributed by atoms with E-state index < -0.39 is 7.82 Å². The van der Waals surface area contributed by atoms with Crippen LogP contribution in [0.1, 0.15) is 30.9 Å². The molecular weight excluding hydrogens is 341 g/mol. The molecule has 0 amide bonds. The molecule has 144 valence electrons. The van der Waals surface area contributed by atoms with Crippen LogP contribution in [0.4, 0.5) is 0 Å². The summed E-state index contributed by atoms with van der Waals surface area (Å²) < 4.78 is 20.3. The lowest BCUT2D eigenvalue weighted by Crippen LogP contribution is -2.35. The Balaban J connectivity index is 0.000000697. The molecule has 0 aliphatic heterocycles. The molecule has 0 heterocycles. The number of rotatable bonds is 10. The number of unbranched alkanes of at least 4 members (excludes halogenated alkanes) is 1. The van der Waals surface area contributed by atoms with E-state index in [1.54, 1.807) is 0 Å². The van der Waals surface area contributed by atoms with Gasteiger partial charge in [0.2, 0.25) is 0 Å². The van der Waals surface area contributed by atoms with Crippen molar-refractivity contribution in [1.29, 1.82) is 0 Å². The van der Waals surface area contributed by atoms with Gasteiger partial charge in [-0.3, -0.25) is 4.52 Å². The van der Waals surface area contributed by atoms with Crippen molar-refractivity contribution in [2.24, 2.45) is 0 Å². The molecule has 7 heteroatoms. The second kappa shape index (κ2) is 12.4. The Bertz CT molecular complexity index is 519. The van der Waals surface area contributed by atoms with E-state index in [1.165, 1.54) is 25.5 Å². The Morgan fingerprint density at radius 2 is 1.76 bits per heavy atom. The molecule has 0 bridgehead atoms. The van der Waals surface area contributed by atoms with Gasteiger partial charge in [-0.05, 0) is 30.9 Å². The van der Waals surface area contributed by atoms with Crippen molar-refractivity contribution >= 4 is 13.9 Å². The summed E-state index contributed by atoms with van der Waals surface area (Å²) in [4.78, 5) is 15.8. The summed E-state index contributed by atoms with van der Waals surface area (Å²) in [5, 5.41) is 0. The maximum absolute atomic E-state index is 9.70. The SMILES string of the molecule is C=Cc1ccc(COCCCC[N+](C)(C)C)cc1.CCOP(=O)(O)O. The molecule has 25 heavy (non-hydrogen) atoms. The molecule has 0 unspecified atom stereocenters. The number of hydrogen-bond donors (Lipinski definition) is 2. The number of phosphoric ester groups is 1. The number of ether oxygens (including phenoxy) is 1. The zero-order valence-corrected chi connectivity index (χ0v) is 16.7. The van der Waals surface area contributed by atoms with Crippen LogP contribution in [0.3, 0.4) is 0 Å². The summed E-state index contributed by atoms with van der Waals surface area (Å²) in [6.07, 6.45) is 4.22. The van der Waals surface area contributed by atoms with Gasteiger partial charge in [0.25, 0.3) is 0 Å². The summed E-state index contributed by atoms with van der Waals surface area (Å²) in [5.74, 6) is 0. The predicted octanol–water partition coefficient (Wildman–Crippen LogP) is 3.45. The lowest BCUT2D eigenvalue weighted by Gasteiger charge is -2.23. The fourth-order valence-electron chi connectivity index (χ4n) is 1.90. The number of phosphoric acid groups is 1. The maximum Gasteiger partial charge on any atom is 0.469 e. The Kier molecular flexibility index (Phi) is 11.9. The van der Waals surface area contributed by atoms with Crippen LogP contribution in [-0.2, 0) is 20.4 Å². The third kappa shape index (κ3) is 16.2. The van der Waals surface area contributed by atoms with E-state index in [1.807, 2.05) is 6.08 Å². The van der Waals surface area contributed by atoms with Gasteiger partial charge in [0.15, 0.2) is 0 Å². The second-order valence-electron chi connectivity index (χ2n) is 6.63. The summed E-state index contributed by atoms with van der Waals surface area (Å²) in [7, 11) is 2.51. The number of quaternary nitrogens is 1. The lowest BCUT2D eigenvalue weighted by atomic mass is 10.1. The minimum Gasteiger partial charge on any atom is -0.377 e. The van der Waals surface area contributed by atoms with Crippen LogP contribution in [-0.4, -0.2) is 55.2 Å². The molecule has 0 spiro atoms. The fourth-order valence-corrected chi connectivity index (χ4v) is 2.23. The Morgan fingerprint density at radius 3 is 2.16 bits per heavy atom. The van der Waals surface area contributed by atoms with Crippen molar-refractivity contribution in [2.45, 2.75) is 26.4 Å². The Labute approximate surface area is 151 Å². The highest BCUT2D eigenvalue weighted by Gasteiger charge is 2.10. The smallest absolute Gasteiger partial charge is 0.377 e. The maximum atomic E-state index is 9.70. The molecule has 0 aliphatic carbocycles. The highest BCUT2D eigenvalue weighted by Crippen LogP contribution is 2.34. The lowest BCUT2D eigenvalue weighted by molar-refractivity contribution is -0.870. The number of nitrogens with zero attached hydrogens (tertiary/aromatic N) is 1. The molecule has 0 aliphatic rings. The average Bonchev–Trinajstić information content (AvgIpc) is 2.50. The molecule has 0 saturated carbocycles. The first-order valence-corrected chi connectivity index (χ1v) is 9.90. The Hall–Kier alpha value is -1.01. The highest BCUT2D eigenvalue weighted by atomic mass is 31.2. The van der Waals surface area contributed by atoms with Gasteiger partial charge >= 0.3 is 7.82 Å². The summed E-state index contributed by atoms with van der Waals surface area (Å²) >= 11 is 0. The first kappa shape index (κ1) is 24.0. The van der Waals surface area contributed by atoms with Crippen molar-refractivity contribution < 1.29 is 28.1 Å². The standard InChI is InChI=1S/C16H26NO.C2H7O4P/c1-5-15-8-10-16(11-9-15)14-18-13-7-6-12-17(2,3)4;1-2-6-7(3,4)5/h5,8-11H,1,6-7,12-14H2,2-4H3;2H2,1H3,(H2,3,4,5)/q+1;. The van der Waals surface area contributed by atoms with E-state index >= 15 is 0 Å². The number of benzene rings is 1. The van der Waals surface area contributed by atoms with Gasteiger partial charge in [0.1, 0.15) is 0 Å². The minimum absolute atomic E-state index is 0.0459. The van der Waals surface area contributed by atoms with E-state index in [9.17, 15) is 4.57 Å². The van der Waals surface area contributed by atoms with E-state index in [0.717, 1.165) is 23.1 Å². The van der Waals surface area contributed by atoms with Crippen molar-refractivity contribution in [3.63, 3.8) is 0 Å². The van der Waals surface area contributed by atoms with Crippen LogP contribution in [0.25, 0.3) is 6.08 Å². The highest BCUT2D eigenvalue weighted by molar-refractivity contribution is 7.46. The van der Waals surface area contributed by atoms with E-state index in [0.29, 0.717) is 6.61 Å². The molecular formula is C18H33NO5P+. The van der Waals surface area contributed by atoms with Gasteiger partial charge in [-0.1, -0.05) is 36.9 Å². The molecule has 0 radical (unpaired) electrons. The second-order valence-corrected chi connectivity index (χ2v) is 7.87. The minimum atomic E-state index is -4.17. The largest absolute Gasteiger partial charge is 0.469 e. The average molecular weight is 374 g/mol. The van der Waals surface area contributed by atoms with Gasteiger partial charge in [-0.25, -0.2) is 4.57 Å². The van der Waals surface area contributed by atoms with Crippen molar-refractivity contribution in [3.8, 4) is 0 Å². The van der Waals surface area contributed by atoms with Crippen LogP contribution in [0.5, 0.6) is 0 Å². The monoisotopic (exact) mass is 374 g/mol. The van der Waals surface area contributed by atoms with Crippen molar-refractivity contribution in [2.75, 3.05) is 40.9 Å². The summed E-state index contributed by atoms with van der Waals surface area (Å²) in [6.45, 7) is 8.07. The molecule has 1 rings (SSSR count). The van der Waals surface area contributed by atoms with Gasteiger partial charge in [-0.2, -0.15) is 0 Å². The van der Waals surface area contributed by atoms with Crippen LogP contribution < -0.4 is 0 Å². The first-order valence-electron chi connectivity index (χ1n) is 8.37. The van der Waals surface area contributed by atoms with Crippen molar-refractivity contribution in [1.82, 2.24) is 0 Å². The van der Waals surface area contributed by atoms with Crippen LogP contribution in [0.15, 0.2) is 30.8 Å². The van der Waals surface area contributed by atoms with E-state index in [4.69, 9.17) is 14.5 Å². The van der Waals surface area contributed by atoms with Gasteiger partial charge in [0, 0.05) is 6.61 Å². The van der Waals surface area contributed by atoms with Crippen LogP contribution in [0, 0.1) is 0 Å². The zero-order valence-electron chi connectivity index (χ0n) is 15.9. The molecule has 6 nitrogen and oxygen atoms in total. The topological polar surface area (TPSA) is 76.0 Å². The molecule has 0 saturated heterocycles. The number of hydrogen-bond acceptors (Lipinski definition) is 3. The third-order valence-electron chi connectivity index (χ3n) is 3.15. The van der Waals surface area contributed by atoms with Gasteiger partial charge in [-0.15, -0.1) is 0 Å². The van der Waals surface area contributed by atoms with E-state index in [-0.39, 0.29) is 6.61 Å². The molecule has 1 aromatic rings. The predicted molar refractivity (Wildman–Crippen MR) is 102 cm³/mol. The normalized spacial score (nSPS) is 11.6. The van der Waals surface area contributed by atoms with Gasteiger partial charge in [0.05, 0.1) is 40.9 Å². The summed E-state index contributed by atoms with van der Waals surface area (Å²) in [5.41, 5.74) is 2.38. The fraction of sp³-hybridized carbons (Fsp3) is 0.556. The molecule has 0 atom stereocenters. The third-order valence-corrected chi connectivity index (χ3v) is 3.74. The van der Waals surface area contributed by atoms with E-state index in [2.05, 4.69) is 56.5 Å². The molecule has 2 N–H and O–H groups in total.